The molecule has 0 aromatic carbocycles. The van der Waals surface area contributed by atoms with Crippen molar-refractivity contribution in [2.24, 2.45) is 5.41 Å². The van der Waals surface area contributed by atoms with E-state index in [-0.39, 0.29) is 12.8 Å². The number of halogens is 3. The third kappa shape index (κ3) is 1.70. The van der Waals surface area contributed by atoms with Gasteiger partial charge in [-0.1, -0.05) is 6.42 Å². The first-order valence-corrected chi connectivity index (χ1v) is 4.02. The van der Waals surface area contributed by atoms with Gasteiger partial charge in [-0.15, -0.1) is 0 Å². The van der Waals surface area contributed by atoms with E-state index in [4.69, 9.17) is 0 Å². The van der Waals surface area contributed by atoms with Crippen LogP contribution in [0.3, 0.4) is 0 Å². The largest absolute Gasteiger partial charge is 0.415 e. The number of hydrogen-bond donors (Lipinski definition) is 0. The van der Waals surface area contributed by atoms with E-state index in [0.717, 1.165) is 7.11 Å². The van der Waals surface area contributed by atoms with Crippen LogP contribution in [-0.4, -0.2) is 25.7 Å². The molecule has 5 heteroatoms. The summed E-state index contributed by atoms with van der Waals surface area (Å²) in [6, 6.07) is 0. The summed E-state index contributed by atoms with van der Waals surface area (Å²) in [6.45, 7) is 0. The second kappa shape index (κ2) is 3.29. The van der Waals surface area contributed by atoms with Crippen LogP contribution >= 0.6 is 0 Å². The molecule has 2 nitrogen and oxygen atoms in total. The third-order valence-electron chi connectivity index (χ3n) is 2.57. The molecule has 0 spiro atoms. The van der Waals surface area contributed by atoms with E-state index in [1.54, 1.807) is 0 Å². The minimum Gasteiger partial charge on any atom is -0.371 e. The van der Waals surface area contributed by atoms with Crippen LogP contribution in [0, 0.1) is 5.41 Å². The number of carbonyl (C=O) groups excluding carboxylic acids is 1. The van der Waals surface area contributed by atoms with Crippen molar-refractivity contribution in [1.82, 2.24) is 0 Å². The third-order valence-corrected chi connectivity index (χ3v) is 2.57. The molecule has 1 saturated carbocycles. The molecule has 1 rings (SSSR count). The molecule has 1 atom stereocenters. The van der Waals surface area contributed by atoms with Crippen molar-refractivity contribution in [1.29, 1.82) is 0 Å². The van der Waals surface area contributed by atoms with Crippen LogP contribution in [0.5, 0.6) is 0 Å². The van der Waals surface area contributed by atoms with E-state index in [2.05, 4.69) is 4.74 Å². The summed E-state index contributed by atoms with van der Waals surface area (Å²) in [5.41, 5.74) is -1.31. The number of hydrogen-bond acceptors (Lipinski definition) is 2. The molecule has 0 amide bonds. The van der Waals surface area contributed by atoms with Gasteiger partial charge in [0.1, 0.15) is 6.29 Å². The Morgan fingerprint density at radius 2 is 2.00 bits per heavy atom. The highest BCUT2D eigenvalue weighted by atomic mass is 19.4. The van der Waals surface area contributed by atoms with Crippen LogP contribution in [0.1, 0.15) is 19.3 Å². The average Bonchev–Trinajstić information content (AvgIpc) is 1.93. The zero-order chi connectivity index (χ0) is 10.1. The molecule has 76 valence electrons. The van der Waals surface area contributed by atoms with Crippen molar-refractivity contribution in [2.75, 3.05) is 7.11 Å². The molecule has 0 radical (unpaired) electrons. The van der Waals surface area contributed by atoms with Gasteiger partial charge in [-0.25, -0.2) is 0 Å². The molecule has 1 unspecified atom stereocenters. The fourth-order valence-corrected chi connectivity index (χ4v) is 1.72. The molecule has 0 saturated heterocycles. The monoisotopic (exact) mass is 196 g/mol. The molecule has 0 bridgehead atoms. The first-order chi connectivity index (χ1) is 5.96. The van der Waals surface area contributed by atoms with Crippen LogP contribution < -0.4 is 0 Å². The molecule has 0 N–H and O–H groups in total. The second-order valence-corrected chi connectivity index (χ2v) is 3.36. The number of carbonyl (C=O) groups is 1. The van der Waals surface area contributed by atoms with E-state index >= 15 is 0 Å². The van der Waals surface area contributed by atoms with E-state index < -0.39 is 17.7 Å². The normalized spacial score (nSPS) is 23.4. The lowest BCUT2D eigenvalue weighted by atomic mass is 9.66. The number of ether oxygens (including phenoxy) is 1. The van der Waals surface area contributed by atoms with Gasteiger partial charge >= 0.3 is 6.18 Å². The molecule has 1 aliphatic rings. The first kappa shape index (κ1) is 10.5. The molecule has 0 aromatic rings. The van der Waals surface area contributed by atoms with E-state index in [1.165, 1.54) is 0 Å². The highest BCUT2D eigenvalue weighted by Crippen LogP contribution is 2.48. The number of rotatable bonds is 3. The summed E-state index contributed by atoms with van der Waals surface area (Å²) >= 11 is 0. The van der Waals surface area contributed by atoms with Crippen LogP contribution in [0.2, 0.25) is 0 Å². The maximum atomic E-state index is 12.3. The van der Waals surface area contributed by atoms with Crippen molar-refractivity contribution in [3.8, 4) is 0 Å². The fraction of sp³-hybridized carbons (Fsp3) is 0.875. The van der Waals surface area contributed by atoms with Gasteiger partial charge < -0.3 is 9.53 Å². The molecule has 0 aromatic heterocycles. The van der Waals surface area contributed by atoms with Crippen LogP contribution in [0.15, 0.2) is 0 Å². The van der Waals surface area contributed by atoms with Crippen molar-refractivity contribution in [2.45, 2.75) is 31.5 Å². The molecule has 1 aliphatic carbocycles. The van der Waals surface area contributed by atoms with E-state index in [0.29, 0.717) is 12.7 Å². The molecular formula is C8H11F3O2. The summed E-state index contributed by atoms with van der Waals surface area (Å²) in [7, 11) is 0.988. The van der Waals surface area contributed by atoms with Crippen molar-refractivity contribution in [3.05, 3.63) is 0 Å². The number of aldehydes is 1. The van der Waals surface area contributed by atoms with Gasteiger partial charge in [-0.3, -0.25) is 0 Å². The first-order valence-electron chi connectivity index (χ1n) is 4.02. The number of alkyl halides is 3. The Morgan fingerprint density at radius 3 is 2.08 bits per heavy atom. The maximum absolute atomic E-state index is 12.3. The lowest BCUT2D eigenvalue weighted by Gasteiger charge is -2.42. The fourth-order valence-electron chi connectivity index (χ4n) is 1.72. The predicted octanol–water partition coefficient (Wildman–Crippen LogP) is 1.93. The summed E-state index contributed by atoms with van der Waals surface area (Å²) < 4.78 is 41.4. The summed E-state index contributed by atoms with van der Waals surface area (Å²) in [4.78, 5) is 10.6. The molecule has 13 heavy (non-hydrogen) atoms. The van der Waals surface area contributed by atoms with Crippen LogP contribution in [0.4, 0.5) is 13.2 Å². The Hall–Kier alpha value is -0.580. The maximum Gasteiger partial charge on any atom is 0.415 e. The Morgan fingerprint density at radius 1 is 1.46 bits per heavy atom. The highest BCUT2D eigenvalue weighted by molar-refractivity contribution is 5.62. The summed E-state index contributed by atoms with van der Waals surface area (Å²) in [5.74, 6) is 0. The van der Waals surface area contributed by atoms with Gasteiger partial charge in [0.25, 0.3) is 0 Å². The van der Waals surface area contributed by atoms with Gasteiger partial charge in [-0.05, 0) is 12.8 Å². The molecule has 0 aliphatic heterocycles. The molecular weight excluding hydrogens is 185 g/mol. The van der Waals surface area contributed by atoms with E-state index in [9.17, 15) is 18.0 Å². The lowest BCUT2D eigenvalue weighted by molar-refractivity contribution is -0.253. The zero-order valence-electron chi connectivity index (χ0n) is 7.23. The minimum atomic E-state index is -4.45. The van der Waals surface area contributed by atoms with Crippen LogP contribution in [-0.2, 0) is 9.53 Å². The average molecular weight is 196 g/mol. The van der Waals surface area contributed by atoms with Crippen molar-refractivity contribution in [3.63, 3.8) is 0 Å². The van der Waals surface area contributed by atoms with Gasteiger partial charge in [0.15, 0.2) is 6.10 Å². The van der Waals surface area contributed by atoms with Gasteiger partial charge in [-0.2, -0.15) is 13.2 Å². The van der Waals surface area contributed by atoms with Crippen LogP contribution in [0.25, 0.3) is 0 Å². The van der Waals surface area contributed by atoms with Crippen molar-refractivity contribution < 1.29 is 22.7 Å². The lowest BCUT2D eigenvalue weighted by Crippen LogP contribution is -2.51. The van der Waals surface area contributed by atoms with Gasteiger partial charge in [0.2, 0.25) is 0 Å². The summed E-state index contributed by atoms with van der Waals surface area (Å²) in [6.07, 6.45) is -4.79. The minimum absolute atomic E-state index is 0.272. The number of methoxy groups -OCH3 is 1. The second-order valence-electron chi connectivity index (χ2n) is 3.36. The molecule has 1 fully saturated rings. The quantitative estimate of drug-likeness (QED) is 0.645. The topological polar surface area (TPSA) is 26.3 Å². The summed E-state index contributed by atoms with van der Waals surface area (Å²) in [5, 5.41) is 0. The Kier molecular flexibility index (Phi) is 2.66. The Balaban J connectivity index is 2.81. The smallest absolute Gasteiger partial charge is 0.371 e. The van der Waals surface area contributed by atoms with Gasteiger partial charge in [0.05, 0.1) is 5.41 Å². The highest BCUT2D eigenvalue weighted by Gasteiger charge is 2.56. The predicted molar refractivity (Wildman–Crippen MR) is 39.2 cm³/mol. The SMILES string of the molecule is COC(C(F)(F)F)C1(C=O)CCC1. The van der Waals surface area contributed by atoms with Crippen molar-refractivity contribution >= 4 is 6.29 Å². The van der Waals surface area contributed by atoms with E-state index in [1.807, 2.05) is 0 Å². The zero-order valence-corrected chi connectivity index (χ0v) is 7.23. The molecule has 0 heterocycles. The Bertz CT molecular complexity index is 196. The van der Waals surface area contributed by atoms with Gasteiger partial charge in [0, 0.05) is 7.11 Å². The standard InChI is InChI=1S/C8H11F3O2/c1-13-6(8(9,10)11)7(5-12)3-2-4-7/h5-6H,2-4H2,1H3. The Labute approximate surface area is 74.1 Å².